The maximum atomic E-state index is 2.77. The van der Waals surface area contributed by atoms with Gasteiger partial charge in [-0.2, -0.15) is 0 Å². The summed E-state index contributed by atoms with van der Waals surface area (Å²) in [6.45, 7) is 2.71. The molecule has 1 heteroatoms. The Morgan fingerprint density at radius 3 is 2.43 bits per heavy atom. The van der Waals surface area contributed by atoms with Crippen LogP contribution < -0.4 is 0 Å². The molecule has 1 radical (unpaired) electrons. The topological polar surface area (TPSA) is 3.24 Å². The van der Waals surface area contributed by atoms with E-state index < -0.39 is 0 Å². The van der Waals surface area contributed by atoms with Gasteiger partial charge in [0.25, 0.3) is 0 Å². The van der Waals surface area contributed by atoms with E-state index in [0.717, 1.165) is 17.9 Å². The average Bonchev–Trinajstić information content (AvgIpc) is 2.87. The molecule has 2 atom stereocenters. The van der Waals surface area contributed by atoms with Crippen molar-refractivity contribution in [3.63, 3.8) is 0 Å². The van der Waals surface area contributed by atoms with E-state index in [4.69, 9.17) is 0 Å². The third-order valence-corrected chi connectivity index (χ3v) is 4.52. The molecular formula is C13H22N. The first-order valence-electron chi connectivity index (χ1n) is 6.51. The van der Waals surface area contributed by atoms with Crippen molar-refractivity contribution >= 4 is 0 Å². The van der Waals surface area contributed by atoms with Gasteiger partial charge in [0.05, 0.1) is 0 Å². The zero-order valence-corrected chi connectivity index (χ0v) is 9.12. The third kappa shape index (κ3) is 1.71. The van der Waals surface area contributed by atoms with Gasteiger partial charge in [-0.25, -0.2) is 0 Å². The number of hydrogen-bond donors (Lipinski definition) is 0. The molecule has 2 aliphatic carbocycles. The van der Waals surface area contributed by atoms with Crippen LogP contribution in [0.1, 0.15) is 44.9 Å². The number of nitrogens with zero attached hydrogens (tertiary/aromatic N) is 1. The van der Waals surface area contributed by atoms with Gasteiger partial charge >= 0.3 is 0 Å². The van der Waals surface area contributed by atoms with E-state index in [1.165, 1.54) is 45.2 Å². The highest BCUT2D eigenvalue weighted by Gasteiger charge is 2.46. The van der Waals surface area contributed by atoms with Gasteiger partial charge in [-0.05, 0) is 50.6 Å². The molecule has 1 aliphatic heterocycles. The summed E-state index contributed by atoms with van der Waals surface area (Å²) in [6, 6.07) is 1.01. The fraction of sp³-hybridized carbons (Fsp3) is 0.923. The molecule has 79 valence electrons. The van der Waals surface area contributed by atoms with Crippen LogP contribution in [0.2, 0.25) is 0 Å². The SMILES string of the molecule is [CH]1CCN(C2CC2C2CCCC2)CC1. The maximum absolute atomic E-state index is 2.77. The summed E-state index contributed by atoms with van der Waals surface area (Å²) < 4.78 is 0. The van der Waals surface area contributed by atoms with Crippen LogP contribution >= 0.6 is 0 Å². The Morgan fingerprint density at radius 1 is 1.00 bits per heavy atom. The maximum Gasteiger partial charge on any atom is 0.0130 e. The Labute approximate surface area is 87.9 Å². The highest BCUT2D eigenvalue weighted by Crippen LogP contribution is 2.48. The molecule has 1 saturated heterocycles. The van der Waals surface area contributed by atoms with Crippen LogP contribution in [-0.2, 0) is 0 Å². The normalized spacial score (nSPS) is 40.3. The third-order valence-electron chi connectivity index (χ3n) is 4.52. The lowest BCUT2D eigenvalue weighted by Gasteiger charge is -2.27. The number of piperidine rings is 1. The van der Waals surface area contributed by atoms with E-state index in [0.29, 0.717) is 0 Å². The molecule has 2 saturated carbocycles. The second-order valence-corrected chi connectivity index (χ2v) is 5.41. The van der Waals surface area contributed by atoms with E-state index in [9.17, 15) is 0 Å². The van der Waals surface area contributed by atoms with Gasteiger partial charge in [-0.1, -0.05) is 25.7 Å². The molecule has 3 rings (SSSR count). The van der Waals surface area contributed by atoms with Crippen molar-refractivity contribution in [1.82, 2.24) is 4.90 Å². The monoisotopic (exact) mass is 192 g/mol. The van der Waals surface area contributed by atoms with Gasteiger partial charge in [0.15, 0.2) is 0 Å². The van der Waals surface area contributed by atoms with Crippen LogP contribution in [0, 0.1) is 18.3 Å². The highest BCUT2D eigenvalue weighted by molar-refractivity contribution is 5.01. The highest BCUT2D eigenvalue weighted by atomic mass is 15.2. The van der Waals surface area contributed by atoms with Crippen molar-refractivity contribution in [1.29, 1.82) is 0 Å². The fourth-order valence-corrected chi connectivity index (χ4v) is 3.61. The minimum atomic E-state index is 1.01. The molecule has 0 bridgehead atoms. The second-order valence-electron chi connectivity index (χ2n) is 5.41. The number of rotatable bonds is 2. The zero-order valence-electron chi connectivity index (χ0n) is 9.12. The molecule has 0 aromatic carbocycles. The van der Waals surface area contributed by atoms with Crippen molar-refractivity contribution in [2.45, 2.75) is 51.0 Å². The number of hydrogen-bond acceptors (Lipinski definition) is 1. The van der Waals surface area contributed by atoms with Crippen LogP contribution in [0.25, 0.3) is 0 Å². The Balaban J connectivity index is 1.51. The van der Waals surface area contributed by atoms with E-state index in [-0.39, 0.29) is 0 Å². The van der Waals surface area contributed by atoms with Gasteiger partial charge in [0, 0.05) is 6.04 Å². The lowest BCUT2D eigenvalue weighted by atomic mass is 10.0. The number of likely N-dealkylation sites (tertiary alicyclic amines) is 1. The zero-order chi connectivity index (χ0) is 9.38. The molecule has 0 aromatic rings. The molecule has 0 aromatic heterocycles. The fourth-order valence-electron chi connectivity index (χ4n) is 3.61. The van der Waals surface area contributed by atoms with Crippen LogP contribution in [-0.4, -0.2) is 24.0 Å². The molecule has 0 amide bonds. The smallest absolute Gasteiger partial charge is 0.0130 e. The molecular weight excluding hydrogens is 170 g/mol. The second kappa shape index (κ2) is 3.84. The van der Waals surface area contributed by atoms with Crippen molar-refractivity contribution < 1.29 is 0 Å². The Kier molecular flexibility index (Phi) is 2.53. The lowest BCUT2D eigenvalue weighted by molar-refractivity contribution is 0.221. The molecule has 3 fully saturated rings. The molecule has 14 heavy (non-hydrogen) atoms. The summed E-state index contributed by atoms with van der Waals surface area (Å²) in [5, 5.41) is 0. The summed E-state index contributed by atoms with van der Waals surface area (Å²) in [6.07, 6.45) is 12.8. The van der Waals surface area contributed by atoms with Gasteiger partial charge in [-0.15, -0.1) is 0 Å². The summed E-state index contributed by atoms with van der Waals surface area (Å²) in [5.41, 5.74) is 0. The minimum absolute atomic E-state index is 1.01. The van der Waals surface area contributed by atoms with E-state index in [2.05, 4.69) is 11.3 Å². The predicted molar refractivity (Wildman–Crippen MR) is 59.0 cm³/mol. The predicted octanol–water partition coefficient (Wildman–Crippen LogP) is 2.87. The van der Waals surface area contributed by atoms with Crippen molar-refractivity contribution in [2.24, 2.45) is 11.8 Å². The van der Waals surface area contributed by atoms with E-state index in [1.807, 2.05) is 0 Å². The van der Waals surface area contributed by atoms with Crippen LogP contribution in [0.4, 0.5) is 0 Å². The average molecular weight is 192 g/mol. The molecule has 1 nitrogen and oxygen atoms in total. The molecule has 0 N–H and O–H groups in total. The van der Waals surface area contributed by atoms with Crippen LogP contribution in [0.15, 0.2) is 0 Å². The quantitative estimate of drug-likeness (QED) is 0.650. The van der Waals surface area contributed by atoms with Crippen molar-refractivity contribution in [3.05, 3.63) is 6.42 Å². The van der Waals surface area contributed by atoms with Gasteiger partial charge < -0.3 is 4.90 Å². The van der Waals surface area contributed by atoms with E-state index in [1.54, 1.807) is 12.8 Å². The summed E-state index contributed by atoms with van der Waals surface area (Å²) in [5.74, 6) is 2.22. The Morgan fingerprint density at radius 2 is 1.71 bits per heavy atom. The molecule has 3 aliphatic rings. The molecule has 2 unspecified atom stereocenters. The largest absolute Gasteiger partial charge is 0.300 e. The van der Waals surface area contributed by atoms with Crippen LogP contribution in [0.5, 0.6) is 0 Å². The lowest BCUT2D eigenvalue weighted by Crippen LogP contribution is -2.33. The first-order chi connectivity index (χ1) is 6.95. The van der Waals surface area contributed by atoms with Gasteiger partial charge in [0.2, 0.25) is 0 Å². The minimum Gasteiger partial charge on any atom is -0.300 e. The van der Waals surface area contributed by atoms with E-state index >= 15 is 0 Å². The summed E-state index contributed by atoms with van der Waals surface area (Å²) in [4.78, 5) is 2.77. The Hall–Kier alpha value is -0.0400. The Bertz CT molecular complexity index is 189. The first kappa shape index (κ1) is 9.21. The van der Waals surface area contributed by atoms with Crippen LogP contribution in [0.3, 0.4) is 0 Å². The molecule has 0 spiro atoms. The summed E-state index contributed by atoms with van der Waals surface area (Å²) >= 11 is 0. The van der Waals surface area contributed by atoms with Gasteiger partial charge in [-0.3, -0.25) is 0 Å². The summed E-state index contributed by atoms with van der Waals surface area (Å²) in [7, 11) is 0. The van der Waals surface area contributed by atoms with Gasteiger partial charge in [0.1, 0.15) is 0 Å². The van der Waals surface area contributed by atoms with Crippen molar-refractivity contribution in [2.75, 3.05) is 13.1 Å². The standard InChI is InChI=1S/C13H22N/c1-4-8-14(9-5-1)13-10-12(13)11-6-2-3-7-11/h1,11-13H,2-10H2. The molecule has 1 heterocycles. The first-order valence-corrected chi connectivity index (χ1v) is 6.51. The van der Waals surface area contributed by atoms with Crippen molar-refractivity contribution in [3.8, 4) is 0 Å².